The van der Waals surface area contributed by atoms with Crippen molar-refractivity contribution in [2.24, 2.45) is 0 Å². The largest absolute Gasteiger partial charge is 0.478 e. The lowest BCUT2D eigenvalue weighted by atomic mass is 10.2. The number of carbonyl (C=O) groups excluding carboxylic acids is 1. The number of para-hydroxylation sites is 1. The maximum absolute atomic E-state index is 13.3. The molecule has 4 heteroatoms. The molecule has 1 amide bonds. The Hall–Kier alpha value is -1.58. The molecule has 0 heterocycles. The summed E-state index contributed by atoms with van der Waals surface area (Å²) in [5.74, 6) is -0.556. The van der Waals surface area contributed by atoms with E-state index in [9.17, 15) is 9.18 Å². The molecule has 1 aromatic rings. The molecule has 1 N–H and O–H groups in total. The fourth-order valence-corrected chi connectivity index (χ4v) is 1.30. The van der Waals surface area contributed by atoms with E-state index in [0.29, 0.717) is 13.0 Å². The molecule has 0 aromatic heterocycles. The smallest absolute Gasteiger partial charge is 0.261 e. The van der Waals surface area contributed by atoms with Crippen LogP contribution in [0.25, 0.3) is 0 Å². The number of hydrogen-bond donors (Lipinski definition) is 1. The zero-order valence-electron chi connectivity index (χ0n) is 9.50. The Kier molecular flexibility index (Phi) is 4.76. The van der Waals surface area contributed by atoms with Gasteiger partial charge in [-0.1, -0.05) is 19.1 Å². The Bertz CT molecular complexity index is 355. The van der Waals surface area contributed by atoms with Gasteiger partial charge in [0.25, 0.3) is 5.91 Å². The molecule has 1 rings (SSSR count). The van der Waals surface area contributed by atoms with E-state index in [0.717, 1.165) is 0 Å². The highest BCUT2D eigenvalue weighted by molar-refractivity contribution is 5.80. The molecule has 0 aliphatic carbocycles. The Balaban J connectivity index is 2.70. The van der Waals surface area contributed by atoms with Gasteiger partial charge in [0.15, 0.2) is 17.7 Å². The monoisotopic (exact) mass is 225 g/mol. The quantitative estimate of drug-likeness (QED) is 0.833. The van der Waals surface area contributed by atoms with E-state index in [-0.39, 0.29) is 11.7 Å². The molecule has 0 saturated heterocycles. The predicted octanol–water partition coefficient (Wildman–Crippen LogP) is 2.12. The molecule has 88 valence electrons. The Labute approximate surface area is 94.6 Å². The van der Waals surface area contributed by atoms with Gasteiger partial charge >= 0.3 is 0 Å². The van der Waals surface area contributed by atoms with Crippen LogP contribution in [0.3, 0.4) is 0 Å². The van der Waals surface area contributed by atoms with Crippen LogP contribution in [0.15, 0.2) is 24.3 Å². The van der Waals surface area contributed by atoms with Crippen LogP contribution in [0.1, 0.15) is 20.3 Å². The number of carbonyl (C=O) groups is 1. The third-order valence-electron chi connectivity index (χ3n) is 2.12. The van der Waals surface area contributed by atoms with Crippen LogP contribution < -0.4 is 10.1 Å². The van der Waals surface area contributed by atoms with Crippen molar-refractivity contribution in [3.8, 4) is 5.75 Å². The van der Waals surface area contributed by atoms with E-state index in [4.69, 9.17) is 4.74 Å². The van der Waals surface area contributed by atoms with Crippen molar-refractivity contribution in [2.75, 3.05) is 6.54 Å². The lowest BCUT2D eigenvalue weighted by Crippen LogP contribution is -2.37. The summed E-state index contributed by atoms with van der Waals surface area (Å²) in [7, 11) is 0. The fourth-order valence-electron chi connectivity index (χ4n) is 1.30. The molecule has 3 nitrogen and oxygen atoms in total. The van der Waals surface area contributed by atoms with Gasteiger partial charge in [-0.15, -0.1) is 0 Å². The summed E-state index contributed by atoms with van der Waals surface area (Å²) in [5, 5.41) is 2.65. The van der Waals surface area contributed by atoms with Crippen molar-refractivity contribution >= 4 is 5.91 Å². The first kappa shape index (κ1) is 12.5. The van der Waals surface area contributed by atoms with E-state index in [1.165, 1.54) is 12.1 Å². The van der Waals surface area contributed by atoms with E-state index in [1.807, 2.05) is 13.8 Å². The first-order chi connectivity index (χ1) is 7.69. The number of nitrogens with one attached hydrogen (secondary N) is 1. The third kappa shape index (κ3) is 3.22. The van der Waals surface area contributed by atoms with Crippen LogP contribution in [0.4, 0.5) is 4.39 Å². The average molecular weight is 225 g/mol. The minimum Gasteiger partial charge on any atom is -0.478 e. The second-order valence-electron chi connectivity index (χ2n) is 3.34. The standard InChI is InChI=1S/C12H16FNO2/c1-3-10(12(15)14-4-2)16-11-8-6-5-7-9(11)13/h5-8,10H,3-4H2,1-2H3,(H,14,15)/t10-/m1/s1. The molecular formula is C12H16FNO2. The van der Waals surface area contributed by atoms with Crippen LogP contribution in [-0.4, -0.2) is 18.6 Å². The maximum Gasteiger partial charge on any atom is 0.261 e. The highest BCUT2D eigenvalue weighted by Crippen LogP contribution is 2.17. The van der Waals surface area contributed by atoms with E-state index >= 15 is 0 Å². The van der Waals surface area contributed by atoms with Crippen molar-refractivity contribution in [1.82, 2.24) is 5.32 Å². The van der Waals surface area contributed by atoms with Gasteiger partial charge in [0.05, 0.1) is 0 Å². The minimum atomic E-state index is -0.642. The lowest BCUT2D eigenvalue weighted by Gasteiger charge is -2.16. The van der Waals surface area contributed by atoms with E-state index in [2.05, 4.69) is 5.32 Å². The number of likely N-dealkylation sites (N-methyl/N-ethyl adjacent to an activating group) is 1. The molecule has 0 aliphatic rings. The molecule has 0 unspecified atom stereocenters. The summed E-state index contributed by atoms with van der Waals surface area (Å²) in [4.78, 5) is 11.5. The zero-order chi connectivity index (χ0) is 12.0. The van der Waals surface area contributed by atoms with Crippen molar-refractivity contribution < 1.29 is 13.9 Å². The summed E-state index contributed by atoms with van der Waals surface area (Å²) >= 11 is 0. The number of amides is 1. The van der Waals surface area contributed by atoms with Gasteiger partial charge in [-0.05, 0) is 25.5 Å². The minimum absolute atomic E-state index is 0.112. The zero-order valence-corrected chi connectivity index (χ0v) is 9.50. The number of ether oxygens (including phenoxy) is 1. The summed E-state index contributed by atoms with van der Waals surface area (Å²) in [5.41, 5.74) is 0. The molecule has 0 saturated carbocycles. The van der Waals surface area contributed by atoms with Gasteiger partial charge in [-0.3, -0.25) is 4.79 Å². The van der Waals surface area contributed by atoms with Crippen LogP contribution in [-0.2, 0) is 4.79 Å². The molecule has 0 spiro atoms. The summed E-state index contributed by atoms with van der Waals surface area (Å²) < 4.78 is 18.6. The fraction of sp³-hybridized carbons (Fsp3) is 0.417. The highest BCUT2D eigenvalue weighted by Gasteiger charge is 2.18. The van der Waals surface area contributed by atoms with E-state index in [1.54, 1.807) is 12.1 Å². The van der Waals surface area contributed by atoms with Gasteiger partial charge in [0.1, 0.15) is 0 Å². The summed E-state index contributed by atoms with van der Waals surface area (Å²) in [6.45, 7) is 4.18. The van der Waals surface area contributed by atoms with Gasteiger partial charge in [0, 0.05) is 6.54 Å². The van der Waals surface area contributed by atoms with Gasteiger partial charge in [-0.25, -0.2) is 4.39 Å². The second-order valence-corrected chi connectivity index (χ2v) is 3.34. The molecule has 0 radical (unpaired) electrons. The van der Waals surface area contributed by atoms with Gasteiger partial charge in [0.2, 0.25) is 0 Å². The maximum atomic E-state index is 13.3. The first-order valence-corrected chi connectivity index (χ1v) is 5.37. The average Bonchev–Trinajstić information content (AvgIpc) is 2.28. The molecule has 0 aliphatic heterocycles. The van der Waals surface area contributed by atoms with Gasteiger partial charge < -0.3 is 10.1 Å². The molecule has 1 atom stereocenters. The molecular weight excluding hydrogens is 209 g/mol. The van der Waals surface area contributed by atoms with Crippen LogP contribution >= 0.6 is 0 Å². The highest BCUT2D eigenvalue weighted by atomic mass is 19.1. The van der Waals surface area contributed by atoms with Gasteiger partial charge in [-0.2, -0.15) is 0 Å². The van der Waals surface area contributed by atoms with Crippen molar-refractivity contribution in [3.63, 3.8) is 0 Å². The first-order valence-electron chi connectivity index (χ1n) is 5.37. The number of rotatable bonds is 5. The third-order valence-corrected chi connectivity index (χ3v) is 2.12. The predicted molar refractivity (Wildman–Crippen MR) is 59.8 cm³/mol. The number of benzene rings is 1. The van der Waals surface area contributed by atoms with Crippen molar-refractivity contribution in [1.29, 1.82) is 0 Å². The topological polar surface area (TPSA) is 38.3 Å². The van der Waals surface area contributed by atoms with Crippen LogP contribution in [0, 0.1) is 5.82 Å². The Morgan fingerprint density at radius 3 is 2.69 bits per heavy atom. The molecule has 0 fully saturated rings. The number of hydrogen-bond acceptors (Lipinski definition) is 2. The molecule has 1 aromatic carbocycles. The normalized spacial score (nSPS) is 11.9. The molecule has 16 heavy (non-hydrogen) atoms. The van der Waals surface area contributed by atoms with Crippen LogP contribution in [0.2, 0.25) is 0 Å². The second kappa shape index (κ2) is 6.10. The lowest BCUT2D eigenvalue weighted by molar-refractivity contribution is -0.128. The summed E-state index contributed by atoms with van der Waals surface area (Å²) in [6, 6.07) is 6.06. The van der Waals surface area contributed by atoms with Crippen molar-refractivity contribution in [2.45, 2.75) is 26.4 Å². The Morgan fingerprint density at radius 2 is 2.12 bits per heavy atom. The Morgan fingerprint density at radius 1 is 1.44 bits per heavy atom. The van der Waals surface area contributed by atoms with Crippen LogP contribution in [0.5, 0.6) is 5.75 Å². The SMILES string of the molecule is CCNC(=O)[C@@H](CC)Oc1ccccc1F. The van der Waals surface area contributed by atoms with E-state index < -0.39 is 11.9 Å². The summed E-state index contributed by atoms with van der Waals surface area (Å²) in [6.07, 6.45) is -0.142. The number of halogens is 1. The molecule has 0 bridgehead atoms. The van der Waals surface area contributed by atoms with Crippen molar-refractivity contribution in [3.05, 3.63) is 30.1 Å².